The van der Waals surface area contributed by atoms with E-state index >= 15 is 0 Å². The van der Waals surface area contributed by atoms with Gasteiger partial charge in [0.15, 0.2) is 0 Å². The average molecular weight is 322 g/mol. The summed E-state index contributed by atoms with van der Waals surface area (Å²) in [5.74, 6) is 0.279. The van der Waals surface area contributed by atoms with Gasteiger partial charge >= 0.3 is 6.09 Å². The molecule has 1 amide bonds. The molecular weight excluding hydrogens is 299 g/mol. The molecule has 1 aromatic carbocycles. The summed E-state index contributed by atoms with van der Waals surface area (Å²) in [5.41, 5.74) is 0.973. The molecule has 2 aliphatic rings. The maximum Gasteiger partial charge on any atom is 0.410 e. The van der Waals surface area contributed by atoms with E-state index in [-0.39, 0.29) is 24.7 Å². The first-order valence-corrected chi connectivity index (χ1v) is 8.14. The molecule has 0 unspecified atom stereocenters. The van der Waals surface area contributed by atoms with Crippen molar-refractivity contribution in [3.8, 4) is 0 Å². The predicted molar refractivity (Wildman–Crippen MR) is 83.8 cm³/mol. The fourth-order valence-electron chi connectivity index (χ4n) is 2.88. The maximum absolute atomic E-state index is 13.6. The molecule has 2 saturated heterocycles. The number of likely N-dealkylation sites (tertiary alicyclic amines) is 1. The lowest BCUT2D eigenvalue weighted by Gasteiger charge is -2.39. The minimum atomic E-state index is -0.934. The number of carbonyl (C=O) groups is 1. The van der Waals surface area contributed by atoms with Gasteiger partial charge in [0.05, 0.1) is 12.7 Å². The van der Waals surface area contributed by atoms with Gasteiger partial charge in [-0.15, -0.1) is 0 Å². The lowest BCUT2D eigenvalue weighted by molar-refractivity contribution is -0.0579. The van der Waals surface area contributed by atoms with Crippen LogP contribution < -0.4 is 5.32 Å². The van der Waals surface area contributed by atoms with Crippen LogP contribution in [0.4, 0.5) is 9.18 Å². The first kappa shape index (κ1) is 16.2. The molecule has 2 heterocycles. The second-order valence-electron chi connectivity index (χ2n) is 6.19. The van der Waals surface area contributed by atoms with Crippen LogP contribution in [0.3, 0.4) is 0 Å². The van der Waals surface area contributed by atoms with Gasteiger partial charge in [0.25, 0.3) is 0 Å². The largest absolute Gasteiger partial charge is 0.445 e. The Hall–Kier alpha value is -1.66. The molecule has 0 saturated carbocycles. The Morgan fingerprint density at radius 3 is 2.83 bits per heavy atom. The fourth-order valence-corrected chi connectivity index (χ4v) is 2.88. The number of hydrogen-bond donors (Lipinski definition) is 1. The number of carbonyl (C=O) groups excluding carboxylic acids is 1. The molecule has 5 nitrogen and oxygen atoms in total. The van der Waals surface area contributed by atoms with E-state index in [1.54, 1.807) is 4.90 Å². The van der Waals surface area contributed by atoms with Crippen LogP contribution in [0.5, 0.6) is 0 Å². The highest BCUT2D eigenvalue weighted by molar-refractivity contribution is 5.68. The van der Waals surface area contributed by atoms with E-state index in [1.165, 1.54) is 0 Å². The number of alkyl halides is 1. The van der Waals surface area contributed by atoms with E-state index in [2.05, 4.69) is 5.32 Å². The van der Waals surface area contributed by atoms with Crippen molar-refractivity contribution in [3.05, 3.63) is 35.9 Å². The second-order valence-corrected chi connectivity index (χ2v) is 6.19. The fraction of sp³-hybridized carbons (Fsp3) is 0.588. The number of nitrogens with zero attached hydrogens (tertiary/aromatic N) is 1. The molecule has 1 aromatic rings. The minimum absolute atomic E-state index is 0.279. The van der Waals surface area contributed by atoms with Gasteiger partial charge in [0, 0.05) is 25.6 Å². The topological polar surface area (TPSA) is 50.8 Å². The average Bonchev–Trinajstić information content (AvgIpc) is 2.54. The summed E-state index contributed by atoms with van der Waals surface area (Å²) >= 11 is 0. The predicted octanol–water partition coefficient (Wildman–Crippen LogP) is 1.97. The molecule has 126 valence electrons. The molecule has 0 bridgehead atoms. The Kier molecular flexibility index (Phi) is 5.46. The van der Waals surface area contributed by atoms with Crippen molar-refractivity contribution in [1.29, 1.82) is 0 Å². The first-order chi connectivity index (χ1) is 11.2. The van der Waals surface area contributed by atoms with E-state index in [1.807, 2.05) is 30.3 Å². The normalized spacial score (nSPS) is 25.0. The smallest absolute Gasteiger partial charge is 0.410 e. The molecule has 3 rings (SSSR count). The Bertz CT molecular complexity index is 508. The van der Waals surface area contributed by atoms with Gasteiger partial charge in [-0.3, -0.25) is 0 Å². The van der Waals surface area contributed by atoms with Gasteiger partial charge in [-0.1, -0.05) is 30.3 Å². The van der Waals surface area contributed by atoms with Crippen LogP contribution in [0.1, 0.15) is 12.0 Å². The zero-order valence-electron chi connectivity index (χ0n) is 13.1. The molecule has 23 heavy (non-hydrogen) atoms. The Labute approximate surface area is 135 Å². The number of ether oxygens (including phenoxy) is 2. The number of amides is 1. The highest BCUT2D eigenvalue weighted by atomic mass is 19.1. The van der Waals surface area contributed by atoms with Crippen molar-refractivity contribution in [2.75, 3.05) is 32.8 Å². The van der Waals surface area contributed by atoms with Crippen LogP contribution in [-0.2, 0) is 16.1 Å². The third-order valence-electron chi connectivity index (χ3n) is 4.31. The Morgan fingerprint density at radius 1 is 1.30 bits per heavy atom. The van der Waals surface area contributed by atoms with Crippen LogP contribution in [0.2, 0.25) is 0 Å². The van der Waals surface area contributed by atoms with Crippen molar-refractivity contribution in [3.63, 3.8) is 0 Å². The van der Waals surface area contributed by atoms with Crippen molar-refractivity contribution < 1.29 is 18.7 Å². The number of nitrogens with one attached hydrogen (secondary N) is 1. The van der Waals surface area contributed by atoms with Crippen LogP contribution in [0.15, 0.2) is 30.3 Å². The number of piperidine rings is 1. The second kappa shape index (κ2) is 7.75. The molecule has 0 aromatic heterocycles. The third-order valence-corrected chi connectivity index (χ3v) is 4.31. The summed E-state index contributed by atoms with van der Waals surface area (Å²) in [6.07, 6.45) is -0.835. The lowest BCUT2D eigenvalue weighted by Crippen LogP contribution is -2.53. The molecule has 1 N–H and O–H groups in total. The lowest BCUT2D eigenvalue weighted by atomic mass is 10.0. The van der Waals surface area contributed by atoms with E-state index in [4.69, 9.17) is 9.47 Å². The van der Waals surface area contributed by atoms with Crippen LogP contribution in [0, 0.1) is 5.92 Å². The van der Waals surface area contributed by atoms with Gasteiger partial charge in [0.2, 0.25) is 0 Å². The monoisotopic (exact) mass is 322 g/mol. The summed E-state index contributed by atoms with van der Waals surface area (Å²) in [4.78, 5) is 13.6. The number of halogens is 1. The van der Waals surface area contributed by atoms with Crippen LogP contribution >= 0.6 is 0 Å². The maximum atomic E-state index is 13.6. The summed E-state index contributed by atoms with van der Waals surface area (Å²) in [6.45, 7) is 3.20. The number of rotatable bonds is 5. The molecule has 2 atom stereocenters. The van der Waals surface area contributed by atoms with Crippen molar-refractivity contribution in [1.82, 2.24) is 10.2 Å². The molecule has 0 radical (unpaired) electrons. The van der Waals surface area contributed by atoms with Gasteiger partial charge < -0.3 is 19.7 Å². The number of benzene rings is 1. The van der Waals surface area contributed by atoms with Gasteiger partial charge in [0.1, 0.15) is 12.8 Å². The zero-order valence-corrected chi connectivity index (χ0v) is 13.1. The van der Waals surface area contributed by atoms with Crippen LogP contribution in [0.25, 0.3) is 0 Å². The van der Waals surface area contributed by atoms with E-state index in [0.717, 1.165) is 12.1 Å². The zero-order chi connectivity index (χ0) is 16.1. The highest BCUT2D eigenvalue weighted by Gasteiger charge is 2.33. The molecule has 6 heteroatoms. The number of hydrogen-bond acceptors (Lipinski definition) is 4. The van der Waals surface area contributed by atoms with Crippen molar-refractivity contribution in [2.45, 2.75) is 25.3 Å². The molecular formula is C17H23FN2O3. The summed E-state index contributed by atoms with van der Waals surface area (Å²) in [7, 11) is 0. The van der Waals surface area contributed by atoms with E-state index < -0.39 is 6.17 Å². The van der Waals surface area contributed by atoms with Gasteiger partial charge in [-0.25, -0.2) is 9.18 Å². The summed E-state index contributed by atoms with van der Waals surface area (Å²) in [6, 6.07) is 9.60. The standard InChI is InChI=1S/C17H23FN2O3/c18-15-8-19-7-6-16(15)22-12-14-9-20(10-14)17(21)23-11-13-4-2-1-3-5-13/h1-5,14-16,19H,6-12H2/t15-,16+/m1/s1. The Morgan fingerprint density at radius 2 is 2.09 bits per heavy atom. The summed E-state index contributed by atoms with van der Waals surface area (Å²) in [5, 5.41) is 3.01. The quantitative estimate of drug-likeness (QED) is 0.900. The van der Waals surface area contributed by atoms with Gasteiger partial charge in [-0.2, -0.15) is 0 Å². The minimum Gasteiger partial charge on any atom is -0.445 e. The first-order valence-electron chi connectivity index (χ1n) is 8.14. The SMILES string of the molecule is O=C(OCc1ccccc1)N1CC(CO[C@H]2CCNC[C@H]2F)C1. The van der Waals surface area contributed by atoms with Crippen LogP contribution in [-0.4, -0.2) is 56.1 Å². The van der Waals surface area contributed by atoms with E-state index in [9.17, 15) is 9.18 Å². The molecule has 2 fully saturated rings. The molecule has 2 aliphatic heterocycles. The van der Waals surface area contributed by atoms with Gasteiger partial charge in [-0.05, 0) is 18.5 Å². The summed E-state index contributed by atoms with van der Waals surface area (Å²) < 4.78 is 24.5. The molecule has 0 spiro atoms. The van der Waals surface area contributed by atoms with Crippen molar-refractivity contribution >= 4 is 6.09 Å². The van der Waals surface area contributed by atoms with Crippen molar-refractivity contribution in [2.24, 2.45) is 5.92 Å². The van der Waals surface area contributed by atoms with E-state index in [0.29, 0.717) is 32.7 Å². The Balaban J connectivity index is 1.31. The highest BCUT2D eigenvalue weighted by Crippen LogP contribution is 2.20. The molecule has 0 aliphatic carbocycles. The third kappa shape index (κ3) is 4.42.